The van der Waals surface area contributed by atoms with E-state index >= 15 is 0 Å². The highest BCUT2D eigenvalue weighted by Crippen LogP contribution is 2.26. The average Bonchev–Trinajstić information content (AvgIpc) is 2.69. The van der Waals surface area contributed by atoms with E-state index in [1.165, 1.54) is 18.3 Å². The molecule has 0 radical (unpaired) electrons. The molecule has 1 aromatic heterocycles. The highest BCUT2D eigenvalue weighted by molar-refractivity contribution is 6.03. The van der Waals surface area contributed by atoms with Gasteiger partial charge in [0.1, 0.15) is 17.6 Å². The second-order valence-electron chi connectivity index (χ2n) is 5.49. The van der Waals surface area contributed by atoms with Crippen molar-refractivity contribution in [1.29, 1.82) is 0 Å². The molecule has 0 aliphatic carbocycles. The normalized spacial score (nSPS) is 10.9. The molecule has 0 saturated heterocycles. The van der Waals surface area contributed by atoms with Crippen molar-refractivity contribution in [2.75, 3.05) is 6.61 Å². The Hall–Kier alpha value is -3.81. The van der Waals surface area contributed by atoms with Gasteiger partial charge < -0.3 is 4.74 Å². The Morgan fingerprint density at radius 2 is 2.07 bits per heavy atom. The predicted octanol–water partition coefficient (Wildman–Crippen LogP) is 3.31. The van der Waals surface area contributed by atoms with Gasteiger partial charge >= 0.3 is 0 Å². The Labute approximate surface area is 154 Å². The molecule has 1 amide bonds. The molecule has 2 aromatic carbocycles. The van der Waals surface area contributed by atoms with Crippen molar-refractivity contribution in [1.82, 2.24) is 10.4 Å². The van der Waals surface area contributed by atoms with Crippen molar-refractivity contribution >= 4 is 28.6 Å². The Bertz CT molecular complexity index is 1020. The summed E-state index contributed by atoms with van der Waals surface area (Å²) in [6, 6.07) is 14.1. The van der Waals surface area contributed by atoms with Gasteiger partial charge in [-0.3, -0.25) is 14.9 Å². The number of carbonyl (C=O) groups is 1. The Balaban J connectivity index is 1.82. The summed E-state index contributed by atoms with van der Waals surface area (Å²) >= 11 is 0. The van der Waals surface area contributed by atoms with Crippen LogP contribution in [-0.2, 0) is 0 Å². The Morgan fingerprint density at radius 1 is 1.26 bits per heavy atom. The molecule has 0 aliphatic heterocycles. The number of hydrogen-bond donors (Lipinski definition) is 1. The number of pyridine rings is 1. The minimum absolute atomic E-state index is 0.0284. The van der Waals surface area contributed by atoms with E-state index in [0.717, 1.165) is 22.5 Å². The van der Waals surface area contributed by atoms with E-state index in [2.05, 4.69) is 15.5 Å². The van der Waals surface area contributed by atoms with Crippen molar-refractivity contribution in [2.24, 2.45) is 5.10 Å². The van der Waals surface area contributed by atoms with Crippen LogP contribution in [-0.4, -0.2) is 28.6 Å². The monoisotopic (exact) mass is 364 g/mol. The van der Waals surface area contributed by atoms with Gasteiger partial charge in [0.25, 0.3) is 11.6 Å². The van der Waals surface area contributed by atoms with E-state index in [-0.39, 0.29) is 11.4 Å². The highest BCUT2D eigenvalue weighted by Gasteiger charge is 2.11. The van der Waals surface area contributed by atoms with Crippen LogP contribution >= 0.6 is 0 Å². The molecule has 0 saturated carbocycles. The minimum atomic E-state index is -0.581. The smallest absolute Gasteiger partial charge is 0.289 e. The standard InChI is InChI=1S/C19H16N4O4/c1-2-27-18-10-7-13-5-3-4-6-15(13)16(18)12-21-22-19(24)17-9-8-14(11-20-17)23(25)26/h3-12H,2H2,1H3,(H,22,24)/b21-12+. The van der Waals surface area contributed by atoms with Crippen molar-refractivity contribution in [2.45, 2.75) is 6.92 Å². The predicted molar refractivity (Wildman–Crippen MR) is 101 cm³/mol. The van der Waals surface area contributed by atoms with Crippen LogP contribution in [0.5, 0.6) is 5.75 Å². The number of nitrogens with zero attached hydrogens (tertiary/aromatic N) is 3. The molecule has 1 N–H and O–H groups in total. The number of fused-ring (bicyclic) bond motifs is 1. The Morgan fingerprint density at radius 3 is 2.78 bits per heavy atom. The third kappa shape index (κ3) is 4.06. The van der Waals surface area contributed by atoms with Gasteiger partial charge in [-0.2, -0.15) is 5.10 Å². The number of hydrazone groups is 1. The van der Waals surface area contributed by atoms with Gasteiger partial charge in [0, 0.05) is 11.6 Å². The molecular formula is C19H16N4O4. The van der Waals surface area contributed by atoms with Gasteiger partial charge in [-0.1, -0.05) is 30.3 Å². The molecule has 0 spiro atoms. The number of nitrogens with one attached hydrogen (secondary N) is 1. The SMILES string of the molecule is CCOc1ccc2ccccc2c1/C=N/NC(=O)c1ccc([N+](=O)[O-])cn1. The van der Waals surface area contributed by atoms with Gasteiger partial charge in [-0.05, 0) is 29.8 Å². The van der Waals surface area contributed by atoms with Gasteiger partial charge in [-0.15, -0.1) is 0 Å². The molecule has 0 aliphatic rings. The van der Waals surface area contributed by atoms with Gasteiger partial charge in [-0.25, -0.2) is 10.4 Å². The van der Waals surface area contributed by atoms with Crippen LogP contribution in [0.2, 0.25) is 0 Å². The zero-order chi connectivity index (χ0) is 19.2. The lowest BCUT2D eigenvalue weighted by Gasteiger charge is -2.10. The largest absolute Gasteiger partial charge is 0.493 e. The van der Waals surface area contributed by atoms with Crippen LogP contribution in [0.4, 0.5) is 5.69 Å². The number of carbonyl (C=O) groups excluding carboxylic acids is 1. The highest BCUT2D eigenvalue weighted by atomic mass is 16.6. The van der Waals surface area contributed by atoms with Gasteiger partial charge in [0.15, 0.2) is 0 Å². The molecule has 8 heteroatoms. The quantitative estimate of drug-likeness (QED) is 0.410. The third-order valence-electron chi connectivity index (χ3n) is 3.78. The zero-order valence-electron chi connectivity index (χ0n) is 14.5. The van der Waals surface area contributed by atoms with E-state index in [1.807, 2.05) is 43.3 Å². The maximum atomic E-state index is 12.1. The number of amides is 1. The van der Waals surface area contributed by atoms with Gasteiger partial charge in [0.2, 0.25) is 0 Å². The molecule has 0 atom stereocenters. The maximum absolute atomic E-state index is 12.1. The molecule has 8 nitrogen and oxygen atoms in total. The first-order valence-corrected chi connectivity index (χ1v) is 8.18. The number of rotatable bonds is 6. The molecular weight excluding hydrogens is 348 g/mol. The van der Waals surface area contributed by atoms with Crippen molar-refractivity contribution in [3.63, 3.8) is 0 Å². The van der Waals surface area contributed by atoms with E-state index in [4.69, 9.17) is 4.74 Å². The number of ether oxygens (including phenoxy) is 1. The molecule has 1 heterocycles. The lowest BCUT2D eigenvalue weighted by atomic mass is 10.0. The van der Waals surface area contributed by atoms with Crippen LogP contribution in [0.3, 0.4) is 0 Å². The van der Waals surface area contributed by atoms with Crippen molar-refractivity contribution in [3.8, 4) is 5.75 Å². The first-order valence-electron chi connectivity index (χ1n) is 8.18. The minimum Gasteiger partial charge on any atom is -0.493 e. The van der Waals surface area contributed by atoms with Crippen LogP contribution in [0.1, 0.15) is 23.0 Å². The average molecular weight is 364 g/mol. The summed E-state index contributed by atoms with van der Waals surface area (Å²) in [5.74, 6) is 0.0852. The molecule has 3 rings (SSSR count). The molecule has 27 heavy (non-hydrogen) atoms. The molecule has 3 aromatic rings. The maximum Gasteiger partial charge on any atom is 0.289 e. The van der Waals surface area contributed by atoms with Gasteiger partial charge in [0.05, 0.1) is 17.7 Å². The first kappa shape index (κ1) is 18.0. The van der Waals surface area contributed by atoms with Crippen molar-refractivity contribution in [3.05, 3.63) is 76.1 Å². The number of hydrogen-bond acceptors (Lipinski definition) is 6. The topological polar surface area (TPSA) is 107 Å². The van der Waals surface area contributed by atoms with Crippen molar-refractivity contribution < 1.29 is 14.5 Å². The molecule has 136 valence electrons. The zero-order valence-corrected chi connectivity index (χ0v) is 14.5. The third-order valence-corrected chi connectivity index (χ3v) is 3.78. The molecule has 0 bridgehead atoms. The van der Waals surface area contributed by atoms with E-state index < -0.39 is 10.8 Å². The second kappa shape index (κ2) is 8.05. The van der Waals surface area contributed by atoms with E-state index in [1.54, 1.807) is 0 Å². The number of aromatic nitrogens is 1. The number of nitro groups is 1. The van der Waals surface area contributed by atoms with E-state index in [0.29, 0.717) is 12.4 Å². The fraction of sp³-hybridized carbons (Fsp3) is 0.105. The lowest BCUT2D eigenvalue weighted by molar-refractivity contribution is -0.385. The number of benzene rings is 2. The molecule has 0 fully saturated rings. The summed E-state index contributed by atoms with van der Waals surface area (Å²) in [4.78, 5) is 25.9. The van der Waals surface area contributed by atoms with Crippen LogP contribution in [0.25, 0.3) is 10.8 Å². The van der Waals surface area contributed by atoms with Crippen LogP contribution in [0, 0.1) is 10.1 Å². The fourth-order valence-electron chi connectivity index (χ4n) is 2.53. The molecule has 0 unspecified atom stereocenters. The summed E-state index contributed by atoms with van der Waals surface area (Å²) in [6.07, 6.45) is 2.53. The van der Waals surface area contributed by atoms with E-state index in [9.17, 15) is 14.9 Å². The lowest BCUT2D eigenvalue weighted by Crippen LogP contribution is -2.19. The summed E-state index contributed by atoms with van der Waals surface area (Å²) < 4.78 is 5.64. The summed E-state index contributed by atoms with van der Waals surface area (Å²) in [7, 11) is 0. The fourth-order valence-corrected chi connectivity index (χ4v) is 2.53. The summed E-state index contributed by atoms with van der Waals surface area (Å²) in [6.45, 7) is 2.39. The Kier molecular flexibility index (Phi) is 5.36. The summed E-state index contributed by atoms with van der Waals surface area (Å²) in [5.41, 5.74) is 2.96. The second-order valence-corrected chi connectivity index (χ2v) is 5.49. The summed E-state index contributed by atoms with van der Waals surface area (Å²) in [5, 5.41) is 16.6. The van der Waals surface area contributed by atoms with Crippen LogP contribution < -0.4 is 10.2 Å². The first-order chi connectivity index (χ1) is 13.1. The van der Waals surface area contributed by atoms with Crippen LogP contribution in [0.15, 0.2) is 59.8 Å².